The van der Waals surface area contributed by atoms with E-state index in [4.69, 9.17) is 14.2 Å². The molecule has 0 atom stereocenters. The van der Waals surface area contributed by atoms with E-state index in [2.05, 4.69) is 11.4 Å². The van der Waals surface area contributed by atoms with E-state index in [9.17, 15) is 0 Å². The first-order valence-corrected chi connectivity index (χ1v) is 6.85. The van der Waals surface area contributed by atoms with Gasteiger partial charge in [0.25, 0.3) is 0 Å². The van der Waals surface area contributed by atoms with Crippen LogP contribution in [0.2, 0.25) is 0 Å². The minimum absolute atomic E-state index is 0.599. The predicted octanol–water partition coefficient (Wildman–Crippen LogP) is 2.22. The number of hydrogen-bond acceptors (Lipinski definition) is 4. The maximum Gasteiger partial charge on any atom is 0.127 e. The van der Waals surface area contributed by atoms with Crippen LogP contribution in [0.15, 0.2) is 18.2 Å². The first-order chi connectivity index (χ1) is 9.33. The van der Waals surface area contributed by atoms with Crippen molar-refractivity contribution in [2.24, 2.45) is 5.92 Å². The molecule has 106 valence electrons. The van der Waals surface area contributed by atoms with E-state index in [1.807, 2.05) is 19.2 Å². The molecule has 1 aliphatic heterocycles. The molecule has 1 aromatic rings. The lowest BCUT2D eigenvalue weighted by atomic mass is 10.0. The lowest BCUT2D eigenvalue weighted by Gasteiger charge is -2.23. The zero-order valence-corrected chi connectivity index (χ0v) is 11.8. The minimum atomic E-state index is 0.599. The van der Waals surface area contributed by atoms with Crippen LogP contribution in [-0.2, 0) is 11.3 Å². The third kappa shape index (κ3) is 4.11. The second kappa shape index (κ2) is 7.36. The van der Waals surface area contributed by atoms with Gasteiger partial charge in [0.2, 0.25) is 0 Å². The molecule has 4 heteroatoms. The van der Waals surface area contributed by atoms with Gasteiger partial charge in [0, 0.05) is 31.4 Å². The first kappa shape index (κ1) is 14.2. The van der Waals surface area contributed by atoms with Crippen LogP contribution in [0, 0.1) is 5.92 Å². The fraction of sp³-hybridized carbons (Fsp3) is 0.600. The van der Waals surface area contributed by atoms with Gasteiger partial charge in [0.1, 0.15) is 11.5 Å². The number of methoxy groups -OCH3 is 1. The number of rotatable bonds is 6. The molecule has 0 bridgehead atoms. The second-order valence-electron chi connectivity index (χ2n) is 4.87. The van der Waals surface area contributed by atoms with Gasteiger partial charge in [-0.1, -0.05) is 6.07 Å². The fourth-order valence-electron chi connectivity index (χ4n) is 2.25. The molecule has 0 unspecified atom stereocenters. The Morgan fingerprint density at radius 1 is 1.32 bits per heavy atom. The third-order valence-electron chi connectivity index (χ3n) is 3.46. The molecule has 0 aliphatic carbocycles. The summed E-state index contributed by atoms with van der Waals surface area (Å²) >= 11 is 0. The SMILES string of the molecule is CNCc1ccc(OC)cc1OCC1CCOCC1. The van der Waals surface area contributed by atoms with Gasteiger partial charge >= 0.3 is 0 Å². The smallest absolute Gasteiger partial charge is 0.127 e. The zero-order chi connectivity index (χ0) is 13.5. The highest BCUT2D eigenvalue weighted by Crippen LogP contribution is 2.26. The van der Waals surface area contributed by atoms with Crippen molar-refractivity contribution >= 4 is 0 Å². The topological polar surface area (TPSA) is 39.7 Å². The van der Waals surface area contributed by atoms with E-state index in [-0.39, 0.29) is 0 Å². The number of ether oxygens (including phenoxy) is 3. The monoisotopic (exact) mass is 265 g/mol. The molecule has 1 saturated heterocycles. The summed E-state index contributed by atoms with van der Waals surface area (Å²) < 4.78 is 16.6. The van der Waals surface area contributed by atoms with Gasteiger partial charge in [-0.15, -0.1) is 0 Å². The van der Waals surface area contributed by atoms with Crippen molar-refractivity contribution in [3.8, 4) is 11.5 Å². The van der Waals surface area contributed by atoms with Gasteiger partial charge in [0.05, 0.1) is 13.7 Å². The third-order valence-corrected chi connectivity index (χ3v) is 3.46. The summed E-state index contributed by atoms with van der Waals surface area (Å²) in [5.74, 6) is 2.35. The Hall–Kier alpha value is -1.26. The van der Waals surface area contributed by atoms with Crippen molar-refractivity contribution in [3.63, 3.8) is 0 Å². The Kier molecular flexibility index (Phi) is 5.48. The van der Waals surface area contributed by atoms with Gasteiger partial charge in [-0.25, -0.2) is 0 Å². The molecule has 0 amide bonds. The summed E-state index contributed by atoms with van der Waals surface area (Å²) in [6.07, 6.45) is 2.18. The molecule has 1 fully saturated rings. The summed E-state index contributed by atoms with van der Waals surface area (Å²) in [7, 11) is 3.61. The molecule has 4 nitrogen and oxygen atoms in total. The Labute approximate surface area is 115 Å². The molecule has 1 heterocycles. The van der Waals surface area contributed by atoms with Gasteiger partial charge < -0.3 is 19.5 Å². The standard InChI is InChI=1S/C15H23NO3/c1-16-10-13-3-4-14(17-2)9-15(13)19-11-12-5-7-18-8-6-12/h3-4,9,12,16H,5-8,10-11H2,1-2H3. The maximum atomic E-state index is 6.00. The largest absolute Gasteiger partial charge is 0.497 e. The van der Waals surface area contributed by atoms with E-state index in [1.165, 1.54) is 0 Å². The van der Waals surface area contributed by atoms with Crippen LogP contribution in [0.4, 0.5) is 0 Å². The van der Waals surface area contributed by atoms with Crippen LogP contribution in [0.5, 0.6) is 11.5 Å². The Balaban J connectivity index is 1.99. The summed E-state index contributed by atoms with van der Waals surface area (Å²) in [4.78, 5) is 0. The number of benzene rings is 1. The van der Waals surface area contributed by atoms with Crippen LogP contribution in [-0.4, -0.2) is 34.0 Å². The minimum Gasteiger partial charge on any atom is -0.497 e. The highest BCUT2D eigenvalue weighted by Gasteiger charge is 2.15. The van der Waals surface area contributed by atoms with Gasteiger partial charge in [-0.3, -0.25) is 0 Å². The highest BCUT2D eigenvalue weighted by atomic mass is 16.5. The molecule has 1 aliphatic rings. The normalized spacial score (nSPS) is 16.3. The molecule has 0 aromatic heterocycles. The van der Waals surface area contributed by atoms with Gasteiger partial charge in [0.15, 0.2) is 0 Å². The van der Waals surface area contributed by atoms with E-state index < -0.39 is 0 Å². The van der Waals surface area contributed by atoms with E-state index in [1.54, 1.807) is 7.11 Å². The van der Waals surface area contributed by atoms with Crippen molar-refractivity contribution in [2.75, 3.05) is 34.0 Å². The second-order valence-corrected chi connectivity index (χ2v) is 4.87. The summed E-state index contributed by atoms with van der Waals surface area (Å²) in [6.45, 7) is 3.27. The average Bonchev–Trinajstić information content (AvgIpc) is 2.47. The lowest BCUT2D eigenvalue weighted by Crippen LogP contribution is -2.22. The summed E-state index contributed by atoms with van der Waals surface area (Å²) in [5.41, 5.74) is 1.16. The molecule has 2 rings (SSSR count). The maximum absolute atomic E-state index is 6.00. The van der Waals surface area contributed by atoms with Crippen LogP contribution in [0.1, 0.15) is 18.4 Å². The fourth-order valence-corrected chi connectivity index (χ4v) is 2.25. The van der Waals surface area contributed by atoms with Gasteiger partial charge in [-0.2, -0.15) is 0 Å². The van der Waals surface area contributed by atoms with Crippen molar-refractivity contribution in [1.82, 2.24) is 5.32 Å². The molecule has 1 aromatic carbocycles. The van der Waals surface area contributed by atoms with Crippen LogP contribution in [0.25, 0.3) is 0 Å². The van der Waals surface area contributed by atoms with E-state index in [0.717, 1.165) is 56.3 Å². The van der Waals surface area contributed by atoms with Crippen LogP contribution >= 0.6 is 0 Å². The van der Waals surface area contributed by atoms with Crippen molar-refractivity contribution in [1.29, 1.82) is 0 Å². The van der Waals surface area contributed by atoms with E-state index >= 15 is 0 Å². The van der Waals surface area contributed by atoms with Gasteiger partial charge in [-0.05, 0) is 31.9 Å². The molecule has 1 N–H and O–H groups in total. The predicted molar refractivity (Wildman–Crippen MR) is 74.8 cm³/mol. The van der Waals surface area contributed by atoms with Crippen LogP contribution < -0.4 is 14.8 Å². The average molecular weight is 265 g/mol. The van der Waals surface area contributed by atoms with Crippen LogP contribution in [0.3, 0.4) is 0 Å². The Morgan fingerprint density at radius 2 is 2.11 bits per heavy atom. The molecule has 0 saturated carbocycles. The molecule has 19 heavy (non-hydrogen) atoms. The van der Waals surface area contributed by atoms with Crippen molar-refractivity contribution in [2.45, 2.75) is 19.4 Å². The summed E-state index contributed by atoms with van der Waals surface area (Å²) in [5, 5.41) is 3.16. The van der Waals surface area contributed by atoms with Crippen molar-refractivity contribution in [3.05, 3.63) is 23.8 Å². The molecule has 0 radical (unpaired) electrons. The highest BCUT2D eigenvalue weighted by molar-refractivity contribution is 5.40. The number of nitrogens with one attached hydrogen (secondary N) is 1. The first-order valence-electron chi connectivity index (χ1n) is 6.85. The number of hydrogen-bond donors (Lipinski definition) is 1. The van der Waals surface area contributed by atoms with E-state index in [0.29, 0.717) is 5.92 Å². The molecule has 0 spiro atoms. The Bertz CT molecular complexity index is 389. The zero-order valence-electron chi connectivity index (χ0n) is 11.8. The lowest BCUT2D eigenvalue weighted by molar-refractivity contribution is 0.0495. The van der Waals surface area contributed by atoms with Crippen molar-refractivity contribution < 1.29 is 14.2 Å². The summed E-state index contributed by atoms with van der Waals surface area (Å²) in [6, 6.07) is 5.98. The Morgan fingerprint density at radius 3 is 2.79 bits per heavy atom. The molecular weight excluding hydrogens is 242 g/mol. The quantitative estimate of drug-likeness (QED) is 0.856. The molecular formula is C15H23NO3.